The summed E-state index contributed by atoms with van der Waals surface area (Å²) >= 11 is 0. The Bertz CT molecular complexity index is 982. The van der Waals surface area contributed by atoms with Crippen LogP contribution in [0.1, 0.15) is 0 Å². The first kappa shape index (κ1) is 40.0. The predicted octanol–water partition coefficient (Wildman–Crippen LogP) is 9.03. The van der Waals surface area contributed by atoms with Crippen molar-refractivity contribution in [2.75, 3.05) is 0 Å². The van der Waals surface area contributed by atoms with E-state index in [-0.39, 0.29) is 0 Å². The van der Waals surface area contributed by atoms with Crippen LogP contribution in [0.25, 0.3) is 0 Å². The third-order valence-electron chi connectivity index (χ3n) is 4.76. The highest BCUT2D eigenvalue weighted by atomic mass is 19.4. The molecule has 0 aliphatic rings. The zero-order valence-electron chi connectivity index (χ0n) is 17.5. The second-order valence-corrected chi connectivity index (χ2v) is 7.41. The molecule has 0 fully saturated rings. The van der Waals surface area contributed by atoms with E-state index in [9.17, 15) is 123 Å². The van der Waals surface area contributed by atoms with Crippen molar-refractivity contribution in [3.8, 4) is 0 Å². The van der Waals surface area contributed by atoms with Crippen molar-refractivity contribution in [3.63, 3.8) is 0 Å². The van der Waals surface area contributed by atoms with Crippen LogP contribution in [0.4, 0.5) is 123 Å². The average Bonchev–Trinajstić information content (AvgIpc) is 2.76. The van der Waals surface area contributed by atoms with E-state index in [2.05, 4.69) is 0 Å². The molecule has 0 radical (unpaired) electrons. The molecule has 0 atom stereocenters. The van der Waals surface area contributed by atoms with Crippen LogP contribution in [-0.2, 0) is 4.94 Å². The summed E-state index contributed by atoms with van der Waals surface area (Å²) in [6.45, 7) is 0. The maximum atomic E-state index is 13.5. The number of hydrogen-bond donors (Lipinski definition) is 0. The number of alkyl halides is 27. The van der Waals surface area contributed by atoms with Crippen LogP contribution in [-0.4, -0.2) is 77.4 Å². The lowest BCUT2D eigenvalue weighted by atomic mass is 9.84. The van der Waals surface area contributed by atoms with Gasteiger partial charge in [-0.05, 0) is 4.53 Å². The Kier molecular flexibility index (Phi) is 9.05. The summed E-state index contributed by atoms with van der Waals surface area (Å²) < 4.78 is 363. The van der Waals surface area contributed by atoms with Gasteiger partial charge in [0.05, 0.1) is 0 Å². The summed E-state index contributed by atoms with van der Waals surface area (Å²) in [5, 5.41) is 0. The monoisotopic (exact) mass is 704 g/mol. The van der Waals surface area contributed by atoms with Gasteiger partial charge in [0.1, 0.15) is 0 Å². The van der Waals surface area contributed by atoms with Crippen molar-refractivity contribution in [1.82, 2.24) is 0 Å². The van der Waals surface area contributed by atoms with Crippen molar-refractivity contribution in [1.29, 1.82) is 0 Å². The average molecular weight is 704 g/mol. The van der Waals surface area contributed by atoms with Gasteiger partial charge in [-0.2, -0.15) is 119 Å². The molecule has 0 saturated carbocycles. The fourth-order valence-corrected chi connectivity index (χ4v) is 2.18. The molecule has 0 heterocycles. The maximum absolute atomic E-state index is 13.5. The molecule has 1 nitrogen and oxygen atoms in total. The Morgan fingerprint density at radius 2 is 0.357 bits per heavy atom. The smallest absolute Gasteiger partial charge is 0.192 e. The van der Waals surface area contributed by atoms with Gasteiger partial charge in [0.25, 0.3) is 0 Å². The first-order valence-corrected chi connectivity index (χ1v) is 8.46. The van der Waals surface area contributed by atoms with Crippen LogP contribution in [0.5, 0.6) is 0 Å². The van der Waals surface area contributed by atoms with Gasteiger partial charge in [-0.3, -0.25) is 0 Å². The fourth-order valence-electron chi connectivity index (χ4n) is 2.18. The van der Waals surface area contributed by atoms with Crippen LogP contribution in [0.3, 0.4) is 0 Å². The van der Waals surface area contributed by atoms with E-state index in [1.807, 2.05) is 0 Å². The van der Waals surface area contributed by atoms with Crippen molar-refractivity contribution in [2.24, 2.45) is 0 Å². The van der Waals surface area contributed by atoms with Gasteiger partial charge < -0.3 is 0 Å². The molecule has 0 saturated heterocycles. The highest BCUT2D eigenvalue weighted by molar-refractivity contribution is 5.20. The summed E-state index contributed by atoms with van der Waals surface area (Å²) in [7, 11) is 0. The summed E-state index contributed by atoms with van der Waals surface area (Å²) in [4.78, 5) is 0.677. The van der Waals surface area contributed by atoms with Gasteiger partial charge >= 0.3 is 77.4 Å². The Hall–Kier alpha value is -2.00. The zero-order valence-corrected chi connectivity index (χ0v) is 17.5. The van der Waals surface area contributed by atoms with Crippen molar-refractivity contribution in [2.45, 2.75) is 77.4 Å². The van der Waals surface area contributed by atoms with Crippen molar-refractivity contribution < 1.29 is 128 Å². The van der Waals surface area contributed by atoms with Crippen molar-refractivity contribution >= 4 is 0 Å². The maximum Gasteiger partial charge on any atom is 0.460 e. The molecule has 0 aromatic carbocycles. The second kappa shape index (κ2) is 9.50. The topological polar surface area (TPSA) is 9.23 Å². The standard InChI is InChI=1S/C13F28O/c14-1(15,2(16,17)4(20,21)6(24,25)8(28,29)10(32,33)12(36,37)38)3(18,19)5(22,23)7(26,27)9(30,31)11(34,35)13(39,40)42-41. The minimum atomic E-state index is -9.84. The summed E-state index contributed by atoms with van der Waals surface area (Å²) in [5.74, 6) is -104. The first-order valence-electron chi connectivity index (χ1n) is 8.46. The van der Waals surface area contributed by atoms with Gasteiger partial charge in [-0.15, -0.1) is 4.94 Å². The largest absolute Gasteiger partial charge is 0.460 e. The van der Waals surface area contributed by atoms with Gasteiger partial charge in [-0.25, -0.2) is 0 Å². The quantitative estimate of drug-likeness (QED) is 0.185. The Labute approximate surface area is 207 Å². The molecular weight excluding hydrogens is 704 g/mol. The van der Waals surface area contributed by atoms with E-state index in [0.29, 0.717) is 4.94 Å². The zero-order chi connectivity index (χ0) is 35.2. The molecule has 0 bridgehead atoms. The van der Waals surface area contributed by atoms with Crippen LogP contribution >= 0.6 is 0 Å². The van der Waals surface area contributed by atoms with E-state index >= 15 is 0 Å². The van der Waals surface area contributed by atoms with Crippen molar-refractivity contribution in [3.05, 3.63) is 0 Å². The predicted molar refractivity (Wildman–Crippen MR) is 67.6 cm³/mol. The molecule has 0 unspecified atom stereocenters. The number of halogens is 28. The fraction of sp³-hybridized carbons (Fsp3) is 1.00. The molecule has 0 aromatic heterocycles. The molecular formula is C13F28O. The number of rotatable bonds is 12. The van der Waals surface area contributed by atoms with E-state index in [4.69, 9.17) is 0 Å². The van der Waals surface area contributed by atoms with E-state index in [0.717, 1.165) is 0 Å². The van der Waals surface area contributed by atoms with Gasteiger partial charge in [0.15, 0.2) is 0 Å². The van der Waals surface area contributed by atoms with Gasteiger partial charge in [0.2, 0.25) is 0 Å². The second-order valence-electron chi connectivity index (χ2n) is 7.41. The van der Waals surface area contributed by atoms with E-state index < -0.39 is 77.4 Å². The lowest BCUT2D eigenvalue weighted by molar-refractivity contribution is -0.502. The normalized spacial score (nSPS) is 17.1. The first-order chi connectivity index (χ1) is 17.6. The van der Waals surface area contributed by atoms with Gasteiger partial charge in [-0.1, -0.05) is 0 Å². The summed E-state index contributed by atoms with van der Waals surface area (Å²) in [6.07, 6.45) is -16.1. The van der Waals surface area contributed by atoms with Crippen LogP contribution in [0, 0.1) is 0 Å². The summed E-state index contributed by atoms with van der Waals surface area (Å²) in [6, 6.07) is 0. The molecule has 0 spiro atoms. The molecule has 42 heavy (non-hydrogen) atoms. The minimum absolute atomic E-state index is 0.677. The van der Waals surface area contributed by atoms with E-state index in [1.165, 1.54) is 0 Å². The Balaban J connectivity index is 7.43. The summed E-state index contributed by atoms with van der Waals surface area (Å²) in [5.41, 5.74) is 0. The third kappa shape index (κ3) is 4.38. The third-order valence-corrected chi connectivity index (χ3v) is 4.76. The minimum Gasteiger partial charge on any atom is -0.192 e. The highest BCUT2D eigenvalue weighted by Crippen LogP contribution is 2.68. The number of hydrogen-bond acceptors (Lipinski definition) is 1. The molecule has 0 aliphatic heterocycles. The SMILES string of the molecule is FOC(F)(F)C(F)(F)C(F)(F)C(F)(F)C(F)(F)C(F)(F)C(F)(F)C(F)(F)C(F)(F)C(F)(F)C(F)(F)C(F)(F)C(F)(F)F. The van der Waals surface area contributed by atoms with Gasteiger partial charge in [0, 0.05) is 0 Å². The molecule has 29 heteroatoms. The Morgan fingerprint density at radius 3 is 0.500 bits per heavy atom. The Morgan fingerprint density at radius 1 is 0.214 bits per heavy atom. The molecule has 0 amide bonds. The lowest BCUT2D eigenvalue weighted by Crippen LogP contribution is -2.78. The molecule has 0 rings (SSSR count). The molecule has 0 aromatic rings. The van der Waals surface area contributed by atoms with Crippen LogP contribution in [0.15, 0.2) is 0 Å². The lowest BCUT2D eigenvalue weighted by Gasteiger charge is -2.45. The highest BCUT2D eigenvalue weighted by Gasteiger charge is 3.00. The molecule has 0 N–H and O–H groups in total. The van der Waals surface area contributed by atoms with E-state index in [1.54, 1.807) is 0 Å². The van der Waals surface area contributed by atoms with Crippen LogP contribution in [0.2, 0.25) is 0 Å². The molecule has 254 valence electrons. The van der Waals surface area contributed by atoms with Crippen LogP contribution < -0.4 is 0 Å². The molecule has 0 aliphatic carbocycles.